The van der Waals surface area contributed by atoms with Crippen LogP contribution in [0.25, 0.3) is 0 Å². The first-order valence-corrected chi connectivity index (χ1v) is 6.37. The molecule has 2 atom stereocenters. The molecular weight excluding hydrogens is 216 g/mol. The van der Waals surface area contributed by atoms with Crippen molar-refractivity contribution in [3.8, 4) is 0 Å². The first-order valence-electron chi connectivity index (χ1n) is 6.37. The molecule has 0 aromatic rings. The lowest BCUT2D eigenvalue weighted by Gasteiger charge is -2.05. The fourth-order valence-corrected chi connectivity index (χ4v) is 1.41. The SMILES string of the molecule is CC(CC=COC=CCC(C)CCO)CCO. The van der Waals surface area contributed by atoms with Crippen LogP contribution in [0.1, 0.15) is 39.5 Å². The standard InChI is InChI=1S/C14H26O3/c1-13(7-9-15)5-3-11-17-12-4-6-14(2)8-10-16/h3-4,11-16H,5-10H2,1-2H3. The molecule has 2 unspecified atom stereocenters. The van der Waals surface area contributed by atoms with E-state index in [-0.39, 0.29) is 13.2 Å². The molecule has 0 aliphatic carbocycles. The molecule has 0 aliphatic rings. The van der Waals surface area contributed by atoms with Gasteiger partial charge in [-0.1, -0.05) is 13.8 Å². The summed E-state index contributed by atoms with van der Waals surface area (Å²) in [4.78, 5) is 0. The summed E-state index contributed by atoms with van der Waals surface area (Å²) < 4.78 is 5.20. The average Bonchev–Trinajstić information content (AvgIpc) is 2.28. The molecule has 0 spiro atoms. The molecule has 2 N–H and O–H groups in total. The van der Waals surface area contributed by atoms with Crippen LogP contribution < -0.4 is 0 Å². The first-order chi connectivity index (χ1) is 8.20. The molecule has 0 bridgehead atoms. The molecule has 0 heterocycles. The van der Waals surface area contributed by atoms with E-state index in [9.17, 15) is 0 Å². The molecule has 0 amide bonds. The van der Waals surface area contributed by atoms with Crippen LogP contribution in [0, 0.1) is 11.8 Å². The summed E-state index contributed by atoms with van der Waals surface area (Å²) in [5.74, 6) is 0.988. The van der Waals surface area contributed by atoms with E-state index in [1.807, 2.05) is 12.2 Å². The molecule has 0 rings (SSSR count). The minimum absolute atomic E-state index is 0.249. The van der Waals surface area contributed by atoms with E-state index in [2.05, 4.69) is 13.8 Å². The van der Waals surface area contributed by atoms with Crippen LogP contribution >= 0.6 is 0 Å². The van der Waals surface area contributed by atoms with Gasteiger partial charge in [0.2, 0.25) is 0 Å². The molecule has 3 nitrogen and oxygen atoms in total. The van der Waals surface area contributed by atoms with Gasteiger partial charge in [0.1, 0.15) is 0 Å². The van der Waals surface area contributed by atoms with Gasteiger partial charge in [-0.3, -0.25) is 0 Å². The number of ether oxygens (including phenoxy) is 1. The molecule has 0 aliphatic heterocycles. The third kappa shape index (κ3) is 11.5. The first kappa shape index (κ1) is 16.2. The number of allylic oxidation sites excluding steroid dienone is 2. The third-order valence-corrected chi connectivity index (χ3v) is 2.67. The summed E-state index contributed by atoms with van der Waals surface area (Å²) in [6, 6.07) is 0. The highest BCUT2D eigenvalue weighted by Gasteiger charge is 1.97. The minimum atomic E-state index is 0.249. The predicted molar refractivity (Wildman–Crippen MR) is 70.3 cm³/mol. The number of rotatable bonds is 10. The van der Waals surface area contributed by atoms with Gasteiger partial charge in [-0.15, -0.1) is 0 Å². The average molecular weight is 242 g/mol. The Bertz CT molecular complexity index is 190. The van der Waals surface area contributed by atoms with Crippen LogP contribution in [0.4, 0.5) is 0 Å². The van der Waals surface area contributed by atoms with Crippen molar-refractivity contribution < 1.29 is 14.9 Å². The van der Waals surface area contributed by atoms with Gasteiger partial charge in [-0.25, -0.2) is 0 Å². The maximum absolute atomic E-state index is 8.72. The van der Waals surface area contributed by atoms with Crippen molar-refractivity contribution in [2.24, 2.45) is 11.8 Å². The van der Waals surface area contributed by atoms with Gasteiger partial charge in [-0.2, -0.15) is 0 Å². The molecule has 0 aromatic heterocycles. The highest BCUT2D eigenvalue weighted by molar-refractivity contribution is 4.82. The number of hydrogen-bond acceptors (Lipinski definition) is 3. The molecule has 0 saturated carbocycles. The van der Waals surface area contributed by atoms with E-state index in [0.717, 1.165) is 25.7 Å². The molecule has 3 heteroatoms. The quantitative estimate of drug-likeness (QED) is 0.579. The third-order valence-electron chi connectivity index (χ3n) is 2.67. The summed E-state index contributed by atoms with van der Waals surface area (Å²) in [5, 5.41) is 17.4. The Morgan fingerprint density at radius 1 is 0.882 bits per heavy atom. The Morgan fingerprint density at radius 3 is 1.65 bits per heavy atom. The van der Waals surface area contributed by atoms with Crippen molar-refractivity contribution >= 4 is 0 Å². The van der Waals surface area contributed by atoms with Crippen LogP contribution in [0.3, 0.4) is 0 Å². The second-order valence-corrected chi connectivity index (χ2v) is 4.59. The Balaban J connectivity index is 3.48. The Kier molecular flexibility index (Phi) is 11.1. The van der Waals surface area contributed by atoms with E-state index >= 15 is 0 Å². The van der Waals surface area contributed by atoms with Crippen molar-refractivity contribution in [2.45, 2.75) is 39.5 Å². The van der Waals surface area contributed by atoms with Crippen LogP contribution in [0.15, 0.2) is 24.7 Å². The highest BCUT2D eigenvalue weighted by Crippen LogP contribution is 2.08. The number of hydrogen-bond donors (Lipinski definition) is 2. The van der Waals surface area contributed by atoms with Crippen molar-refractivity contribution in [3.05, 3.63) is 24.7 Å². The Labute approximate surface area is 105 Å². The zero-order valence-electron chi connectivity index (χ0n) is 11.0. The molecule has 100 valence electrons. The zero-order valence-corrected chi connectivity index (χ0v) is 11.0. The molecule has 0 aromatic carbocycles. The Hall–Kier alpha value is -0.800. The van der Waals surface area contributed by atoms with Gasteiger partial charge in [0.15, 0.2) is 0 Å². The summed E-state index contributed by atoms with van der Waals surface area (Å²) in [5.41, 5.74) is 0. The molecule has 0 fully saturated rings. The van der Waals surface area contributed by atoms with E-state index in [1.165, 1.54) is 0 Å². The fourth-order valence-electron chi connectivity index (χ4n) is 1.41. The van der Waals surface area contributed by atoms with Crippen LogP contribution in [-0.2, 0) is 4.74 Å². The summed E-state index contributed by atoms with van der Waals surface area (Å²) in [6.07, 6.45) is 10.8. The summed E-state index contributed by atoms with van der Waals surface area (Å²) in [6.45, 7) is 4.71. The van der Waals surface area contributed by atoms with Crippen LogP contribution in [0.2, 0.25) is 0 Å². The van der Waals surface area contributed by atoms with Crippen molar-refractivity contribution in [1.29, 1.82) is 0 Å². The number of aliphatic hydroxyl groups excluding tert-OH is 2. The van der Waals surface area contributed by atoms with Gasteiger partial charge >= 0.3 is 0 Å². The lowest BCUT2D eigenvalue weighted by Crippen LogP contribution is -1.96. The van der Waals surface area contributed by atoms with Gasteiger partial charge in [0, 0.05) is 13.2 Å². The zero-order chi connectivity index (χ0) is 12.9. The van der Waals surface area contributed by atoms with Gasteiger partial charge in [0.05, 0.1) is 12.5 Å². The second-order valence-electron chi connectivity index (χ2n) is 4.59. The largest absolute Gasteiger partial charge is 0.473 e. The summed E-state index contributed by atoms with van der Waals surface area (Å²) in [7, 11) is 0. The van der Waals surface area contributed by atoms with E-state index in [0.29, 0.717) is 11.8 Å². The second kappa shape index (κ2) is 11.7. The summed E-state index contributed by atoms with van der Waals surface area (Å²) >= 11 is 0. The Morgan fingerprint density at radius 2 is 1.29 bits per heavy atom. The molecular formula is C14H26O3. The fraction of sp³-hybridized carbons (Fsp3) is 0.714. The maximum Gasteiger partial charge on any atom is 0.0861 e. The number of aliphatic hydroxyl groups is 2. The smallest absolute Gasteiger partial charge is 0.0861 e. The van der Waals surface area contributed by atoms with Gasteiger partial charge in [0.25, 0.3) is 0 Å². The van der Waals surface area contributed by atoms with E-state index in [4.69, 9.17) is 14.9 Å². The normalized spacial score (nSPS) is 15.5. The lowest BCUT2D eigenvalue weighted by molar-refractivity contribution is 0.262. The van der Waals surface area contributed by atoms with Crippen molar-refractivity contribution in [3.63, 3.8) is 0 Å². The lowest BCUT2D eigenvalue weighted by atomic mass is 10.1. The molecule has 17 heavy (non-hydrogen) atoms. The highest BCUT2D eigenvalue weighted by atomic mass is 16.5. The van der Waals surface area contributed by atoms with Crippen LogP contribution in [0.5, 0.6) is 0 Å². The van der Waals surface area contributed by atoms with Crippen molar-refractivity contribution in [2.75, 3.05) is 13.2 Å². The molecule has 0 saturated heterocycles. The van der Waals surface area contributed by atoms with Gasteiger partial charge in [-0.05, 0) is 49.7 Å². The molecule has 0 radical (unpaired) electrons. The minimum Gasteiger partial charge on any atom is -0.473 e. The van der Waals surface area contributed by atoms with Crippen molar-refractivity contribution in [1.82, 2.24) is 0 Å². The van der Waals surface area contributed by atoms with E-state index < -0.39 is 0 Å². The maximum atomic E-state index is 8.72. The van der Waals surface area contributed by atoms with Crippen LogP contribution in [-0.4, -0.2) is 23.4 Å². The predicted octanol–water partition coefficient (Wildman–Crippen LogP) is 2.85. The van der Waals surface area contributed by atoms with Gasteiger partial charge < -0.3 is 14.9 Å². The monoisotopic (exact) mass is 242 g/mol. The topological polar surface area (TPSA) is 49.7 Å². The van der Waals surface area contributed by atoms with E-state index in [1.54, 1.807) is 12.5 Å².